The molecule has 0 amide bonds. The third-order valence-electron chi connectivity index (χ3n) is 2.76. The highest BCUT2D eigenvalue weighted by atomic mass is 16.3. The van der Waals surface area contributed by atoms with E-state index >= 15 is 0 Å². The average Bonchev–Trinajstić information content (AvgIpc) is 2.14. The van der Waals surface area contributed by atoms with Gasteiger partial charge >= 0.3 is 0 Å². The van der Waals surface area contributed by atoms with Crippen molar-refractivity contribution in [1.29, 1.82) is 0 Å². The fourth-order valence-electron chi connectivity index (χ4n) is 1.70. The molecule has 0 aliphatic carbocycles. The van der Waals surface area contributed by atoms with E-state index in [0.717, 1.165) is 13.1 Å². The van der Waals surface area contributed by atoms with E-state index in [1.807, 2.05) is 13.8 Å². The van der Waals surface area contributed by atoms with Gasteiger partial charge in [0.2, 0.25) is 0 Å². The van der Waals surface area contributed by atoms with Crippen LogP contribution in [0.5, 0.6) is 0 Å². The molecule has 90 valence electrons. The maximum atomic E-state index is 9.51. The zero-order chi connectivity index (χ0) is 11.3. The van der Waals surface area contributed by atoms with E-state index in [2.05, 4.69) is 22.2 Å². The Kier molecular flexibility index (Phi) is 4.99. The molecule has 1 aliphatic heterocycles. The fraction of sp³-hybridized carbons (Fsp3) is 1.00. The van der Waals surface area contributed by atoms with Crippen LogP contribution in [0.4, 0.5) is 0 Å². The Morgan fingerprint density at radius 2 is 1.80 bits per heavy atom. The van der Waals surface area contributed by atoms with Gasteiger partial charge in [-0.3, -0.25) is 4.90 Å². The smallest absolute Gasteiger partial charge is 0.0715 e. The zero-order valence-corrected chi connectivity index (χ0v) is 10.3. The molecule has 4 nitrogen and oxygen atoms in total. The summed E-state index contributed by atoms with van der Waals surface area (Å²) in [5.74, 6) is 0. The van der Waals surface area contributed by atoms with Crippen LogP contribution in [0.2, 0.25) is 0 Å². The third-order valence-corrected chi connectivity index (χ3v) is 2.76. The van der Waals surface area contributed by atoms with Crippen molar-refractivity contribution in [2.24, 2.45) is 0 Å². The van der Waals surface area contributed by atoms with Crippen molar-refractivity contribution in [2.45, 2.75) is 19.4 Å². The predicted molar refractivity (Wildman–Crippen MR) is 63.1 cm³/mol. The summed E-state index contributed by atoms with van der Waals surface area (Å²) >= 11 is 0. The summed E-state index contributed by atoms with van der Waals surface area (Å²) < 4.78 is 0. The number of hydrogen-bond donors (Lipinski definition) is 2. The Morgan fingerprint density at radius 1 is 1.20 bits per heavy atom. The van der Waals surface area contributed by atoms with Crippen LogP contribution in [0.3, 0.4) is 0 Å². The molecule has 0 saturated carbocycles. The van der Waals surface area contributed by atoms with Gasteiger partial charge in [0.25, 0.3) is 0 Å². The molecule has 1 rings (SSSR count). The highest BCUT2D eigenvalue weighted by molar-refractivity contribution is 4.72. The first-order chi connectivity index (χ1) is 6.97. The quantitative estimate of drug-likeness (QED) is 0.612. The topological polar surface area (TPSA) is 38.7 Å². The van der Waals surface area contributed by atoms with Gasteiger partial charge in [-0.2, -0.15) is 0 Å². The molecule has 1 heterocycles. The highest BCUT2D eigenvalue weighted by Gasteiger charge is 2.14. The lowest BCUT2D eigenvalue weighted by molar-refractivity contribution is 0.0780. The summed E-state index contributed by atoms with van der Waals surface area (Å²) in [5.41, 5.74) is -0.595. The molecular formula is C11H25N3O. The summed E-state index contributed by atoms with van der Waals surface area (Å²) in [6, 6.07) is 0. The zero-order valence-electron chi connectivity index (χ0n) is 10.3. The summed E-state index contributed by atoms with van der Waals surface area (Å²) in [4.78, 5) is 4.83. The van der Waals surface area contributed by atoms with E-state index in [1.54, 1.807) is 0 Å². The van der Waals surface area contributed by atoms with Crippen molar-refractivity contribution in [3.63, 3.8) is 0 Å². The monoisotopic (exact) mass is 215 g/mol. The minimum atomic E-state index is -0.595. The number of hydrogen-bond acceptors (Lipinski definition) is 4. The molecule has 0 aromatic heterocycles. The van der Waals surface area contributed by atoms with E-state index in [9.17, 15) is 5.11 Å². The molecule has 0 spiro atoms. The van der Waals surface area contributed by atoms with Crippen LogP contribution in [0, 0.1) is 0 Å². The van der Waals surface area contributed by atoms with Crippen LogP contribution in [-0.4, -0.2) is 73.4 Å². The van der Waals surface area contributed by atoms with Crippen molar-refractivity contribution >= 4 is 0 Å². The molecule has 1 fully saturated rings. The molecule has 2 N–H and O–H groups in total. The molecule has 0 unspecified atom stereocenters. The number of nitrogens with one attached hydrogen (secondary N) is 1. The van der Waals surface area contributed by atoms with E-state index in [0.29, 0.717) is 6.54 Å². The Bertz CT molecular complexity index is 171. The van der Waals surface area contributed by atoms with Crippen molar-refractivity contribution in [2.75, 3.05) is 52.9 Å². The molecule has 0 bridgehead atoms. The van der Waals surface area contributed by atoms with Gasteiger partial charge in [-0.15, -0.1) is 0 Å². The number of aliphatic hydroxyl groups is 1. The van der Waals surface area contributed by atoms with Gasteiger partial charge in [0.05, 0.1) is 5.60 Å². The predicted octanol–water partition coefficient (Wildman–Crippen LogP) is -0.406. The Balaban J connectivity index is 2.01. The minimum absolute atomic E-state index is 0.595. The molecule has 1 saturated heterocycles. The largest absolute Gasteiger partial charge is 0.389 e. The summed E-state index contributed by atoms with van der Waals surface area (Å²) in [6.07, 6.45) is 0. The second kappa shape index (κ2) is 5.80. The summed E-state index contributed by atoms with van der Waals surface area (Å²) in [6.45, 7) is 11.1. The van der Waals surface area contributed by atoms with Crippen LogP contribution in [0.25, 0.3) is 0 Å². The summed E-state index contributed by atoms with van der Waals surface area (Å²) in [5, 5.41) is 12.8. The number of piperazine rings is 1. The van der Waals surface area contributed by atoms with Crippen LogP contribution in [-0.2, 0) is 0 Å². The van der Waals surface area contributed by atoms with E-state index in [4.69, 9.17) is 0 Å². The van der Waals surface area contributed by atoms with Crippen LogP contribution in [0.1, 0.15) is 13.8 Å². The molecule has 1 aliphatic rings. The lowest BCUT2D eigenvalue weighted by Gasteiger charge is -2.32. The summed E-state index contributed by atoms with van der Waals surface area (Å²) in [7, 11) is 2.17. The standard InChI is InChI=1S/C11H25N3O/c1-11(2,15)10-12-4-5-14-8-6-13(3)7-9-14/h12,15H,4-10H2,1-3H3. The van der Waals surface area contributed by atoms with E-state index in [1.165, 1.54) is 26.2 Å². The Hall–Kier alpha value is -0.160. The van der Waals surface area contributed by atoms with Crippen LogP contribution >= 0.6 is 0 Å². The highest BCUT2D eigenvalue weighted by Crippen LogP contribution is 1.99. The van der Waals surface area contributed by atoms with Gasteiger partial charge in [-0.1, -0.05) is 0 Å². The van der Waals surface area contributed by atoms with E-state index in [-0.39, 0.29) is 0 Å². The third kappa shape index (κ3) is 6.10. The average molecular weight is 215 g/mol. The Morgan fingerprint density at radius 3 is 2.33 bits per heavy atom. The lowest BCUT2D eigenvalue weighted by atomic mass is 10.1. The first-order valence-electron chi connectivity index (χ1n) is 5.81. The second-order valence-electron chi connectivity index (χ2n) is 5.13. The molecule has 15 heavy (non-hydrogen) atoms. The molecule has 0 aromatic carbocycles. The number of nitrogens with zero attached hydrogens (tertiary/aromatic N) is 2. The maximum absolute atomic E-state index is 9.51. The van der Waals surface area contributed by atoms with Crippen LogP contribution in [0.15, 0.2) is 0 Å². The van der Waals surface area contributed by atoms with Gasteiger partial charge in [-0.05, 0) is 20.9 Å². The van der Waals surface area contributed by atoms with Gasteiger partial charge in [0.15, 0.2) is 0 Å². The Labute approximate surface area is 93.2 Å². The van der Waals surface area contributed by atoms with Gasteiger partial charge in [-0.25, -0.2) is 0 Å². The van der Waals surface area contributed by atoms with Gasteiger partial charge in [0, 0.05) is 45.8 Å². The van der Waals surface area contributed by atoms with Crippen molar-refractivity contribution < 1.29 is 5.11 Å². The van der Waals surface area contributed by atoms with Gasteiger partial charge < -0.3 is 15.3 Å². The first kappa shape index (κ1) is 12.9. The lowest BCUT2D eigenvalue weighted by Crippen LogP contribution is -2.47. The normalized spacial score (nSPS) is 20.8. The van der Waals surface area contributed by atoms with Crippen molar-refractivity contribution in [3.8, 4) is 0 Å². The van der Waals surface area contributed by atoms with Crippen molar-refractivity contribution in [1.82, 2.24) is 15.1 Å². The van der Waals surface area contributed by atoms with Crippen molar-refractivity contribution in [3.05, 3.63) is 0 Å². The maximum Gasteiger partial charge on any atom is 0.0715 e. The molecular weight excluding hydrogens is 190 g/mol. The molecule has 4 heteroatoms. The number of rotatable bonds is 5. The fourth-order valence-corrected chi connectivity index (χ4v) is 1.70. The van der Waals surface area contributed by atoms with Gasteiger partial charge in [0.1, 0.15) is 0 Å². The van der Waals surface area contributed by atoms with Crippen LogP contribution < -0.4 is 5.32 Å². The molecule has 0 atom stereocenters. The molecule has 0 radical (unpaired) electrons. The first-order valence-corrected chi connectivity index (χ1v) is 5.81. The SMILES string of the molecule is CN1CCN(CCNCC(C)(C)O)CC1. The second-order valence-corrected chi connectivity index (χ2v) is 5.13. The van der Waals surface area contributed by atoms with E-state index < -0.39 is 5.60 Å². The minimum Gasteiger partial charge on any atom is -0.389 e. The molecule has 0 aromatic rings. The number of likely N-dealkylation sites (N-methyl/N-ethyl adjacent to an activating group) is 1.